The molecule has 1 aromatic rings. The van der Waals surface area contributed by atoms with E-state index in [0.717, 1.165) is 16.1 Å². The first-order chi connectivity index (χ1) is 11.1. The van der Waals surface area contributed by atoms with Crippen molar-refractivity contribution in [3.8, 4) is 0 Å². The molecule has 2 atom stereocenters. The number of quaternary nitrogens is 1. The van der Waals surface area contributed by atoms with E-state index in [2.05, 4.69) is 72.2 Å². The molecule has 0 aromatic heterocycles. The van der Waals surface area contributed by atoms with Crippen LogP contribution in [0.15, 0.2) is 48.1 Å². The van der Waals surface area contributed by atoms with Gasteiger partial charge in [-0.15, -0.1) is 0 Å². The highest BCUT2D eigenvalue weighted by atomic mass is 35.5. The van der Waals surface area contributed by atoms with Crippen LogP contribution < -0.4 is 0 Å². The van der Waals surface area contributed by atoms with Gasteiger partial charge in [-0.05, 0) is 50.3 Å². The van der Waals surface area contributed by atoms with Crippen molar-refractivity contribution in [1.82, 2.24) is 0 Å². The predicted molar refractivity (Wildman–Crippen MR) is 106 cm³/mol. The SMILES string of the molecule is CC1=CCCC(C)(C)C1/C=C/C(C)[N+](C)(C)Cc1ccc(Cl)cc1. The van der Waals surface area contributed by atoms with E-state index in [0.29, 0.717) is 17.4 Å². The molecule has 0 aliphatic heterocycles. The first-order valence-electron chi connectivity index (χ1n) is 9.04. The number of halogens is 1. The second kappa shape index (κ2) is 7.45. The third-order valence-electron chi connectivity index (χ3n) is 5.78. The molecule has 0 amide bonds. The second-order valence-electron chi connectivity index (χ2n) is 8.64. The summed E-state index contributed by atoms with van der Waals surface area (Å²) in [5.74, 6) is 0.559. The summed E-state index contributed by atoms with van der Waals surface area (Å²) in [5.41, 5.74) is 3.22. The minimum atomic E-state index is 0.363. The highest BCUT2D eigenvalue weighted by Gasteiger charge is 2.31. The molecule has 0 fully saturated rings. The van der Waals surface area contributed by atoms with Crippen LogP contribution in [0, 0.1) is 11.3 Å². The Hall–Kier alpha value is -1.05. The van der Waals surface area contributed by atoms with Crippen molar-refractivity contribution in [2.45, 2.75) is 53.1 Å². The summed E-state index contributed by atoms with van der Waals surface area (Å²) in [5, 5.41) is 0.804. The molecule has 1 nitrogen and oxygen atoms in total. The standard InChI is InChI=1S/C22H33ClN/c1-17-8-7-15-22(3,4)21(17)14-9-18(2)24(5,6)16-19-10-12-20(23)13-11-19/h8-14,18,21H,7,15-16H2,1-6H3/q+1/b14-9+. The van der Waals surface area contributed by atoms with Gasteiger partial charge >= 0.3 is 0 Å². The van der Waals surface area contributed by atoms with E-state index in [9.17, 15) is 0 Å². The number of likely N-dealkylation sites (N-methyl/N-ethyl adjacent to an activating group) is 1. The van der Waals surface area contributed by atoms with Crippen molar-refractivity contribution in [2.75, 3.05) is 14.1 Å². The maximum atomic E-state index is 6.00. The molecule has 0 N–H and O–H groups in total. The number of rotatable bonds is 5. The Balaban J connectivity index is 2.09. The van der Waals surface area contributed by atoms with Crippen molar-refractivity contribution in [2.24, 2.45) is 11.3 Å². The fourth-order valence-corrected chi connectivity index (χ4v) is 3.82. The van der Waals surface area contributed by atoms with Crippen LogP contribution in [0.5, 0.6) is 0 Å². The van der Waals surface area contributed by atoms with Crippen LogP contribution >= 0.6 is 11.6 Å². The number of allylic oxidation sites excluding steroid dienone is 3. The molecule has 1 aliphatic rings. The minimum absolute atomic E-state index is 0.363. The summed E-state index contributed by atoms with van der Waals surface area (Å²) in [4.78, 5) is 0. The summed E-state index contributed by atoms with van der Waals surface area (Å²) >= 11 is 6.00. The number of hydrogen-bond donors (Lipinski definition) is 0. The van der Waals surface area contributed by atoms with Gasteiger partial charge in [-0.2, -0.15) is 0 Å². The molecule has 0 bridgehead atoms. The average Bonchev–Trinajstić information content (AvgIpc) is 2.48. The lowest BCUT2D eigenvalue weighted by Gasteiger charge is -2.38. The van der Waals surface area contributed by atoms with Gasteiger partial charge in [-0.1, -0.05) is 55.3 Å². The maximum absolute atomic E-state index is 6.00. The zero-order valence-corrected chi connectivity index (χ0v) is 16.9. The summed E-state index contributed by atoms with van der Waals surface area (Å²) < 4.78 is 0.939. The van der Waals surface area contributed by atoms with Gasteiger partial charge in [0.15, 0.2) is 0 Å². The molecular formula is C22H33ClN+. The largest absolute Gasteiger partial charge is 0.319 e. The second-order valence-corrected chi connectivity index (χ2v) is 9.08. The van der Waals surface area contributed by atoms with Gasteiger partial charge in [0, 0.05) is 16.5 Å². The molecule has 0 saturated heterocycles. The van der Waals surface area contributed by atoms with Crippen LogP contribution in [0.4, 0.5) is 0 Å². The van der Waals surface area contributed by atoms with Crippen LogP contribution in [0.25, 0.3) is 0 Å². The highest BCUT2D eigenvalue weighted by molar-refractivity contribution is 6.30. The van der Waals surface area contributed by atoms with Gasteiger partial charge < -0.3 is 4.48 Å². The van der Waals surface area contributed by atoms with Crippen LogP contribution in [-0.4, -0.2) is 24.6 Å². The monoisotopic (exact) mass is 346 g/mol. The molecule has 132 valence electrons. The van der Waals surface area contributed by atoms with E-state index in [-0.39, 0.29) is 0 Å². The molecule has 0 heterocycles. The van der Waals surface area contributed by atoms with Gasteiger partial charge in [0.2, 0.25) is 0 Å². The van der Waals surface area contributed by atoms with Crippen LogP contribution in [0.2, 0.25) is 5.02 Å². The number of nitrogens with zero attached hydrogens (tertiary/aromatic N) is 1. The van der Waals surface area contributed by atoms with Gasteiger partial charge in [-0.25, -0.2) is 0 Å². The fraction of sp³-hybridized carbons (Fsp3) is 0.545. The van der Waals surface area contributed by atoms with Crippen LogP contribution in [0.1, 0.15) is 46.1 Å². The summed E-state index contributed by atoms with van der Waals surface area (Å²) in [6.45, 7) is 10.4. The van der Waals surface area contributed by atoms with Crippen molar-refractivity contribution >= 4 is 11.6 Å². The molecule has 2 heteroatoms. The Labute approximate surface area is 153 Å². The van der Waals surface area contributed by atoms with Gasteiger partial charge in [0.1, 0.15) is 12.6 Å². The predicted octanol–water partition coefficient (Wildman–Crippen LogP) is 6.24. The lowest BCUT2D eigenvalue weighted by molar-refractivity contribution is -0.919. The Bertz CT molecular complexity index is 607. The average molecular weight is 347 g/mol. The van der Waals surface area contributed by atoms with E-state index in [1.54, 1.807) is 0 Å². The molecule has 1 aliphatic carbocycles. The molecule has 2 rings (SSSR count). The molecule has 0 saturated carbocycles. The first kappa shape index (κ1) is 19.3. The highest BCUT2D eigenvalue weighted by Crippen LogP contribution is 2.41. The fourth-order valence-electron chi connectivity index (χ4n) is 3.69. The lowest BCUT2D eigenvalue weighted by Crippen LogP contribution is -2.45. The maximum Gasteiger partial charge on any atom is 0.105 e. The molecule has 0 spiro atoms. The van der Waals surface area contributed by atoms with Crippen molar-refractivity contribution in [3.05, 3.63) is 58.7 Å². The third kappa shape index (κ3) is 4.74. The number of hydrogen-bond acceptors (Lipinski definition) is 0. The minimum Gasteiger partial charge on any atom is -0.319 e. The summed E-state index contributed by atoms with van der Waals surface area (Å²) in [7, 11) is 4.61. The molecule has 2 unspecified atom stereocenters. The van der Waals surface area contributed by atoms with Crippen molar-refractivity contribution in [3.63, 3.8) is 0 Å². The quantitative estimate of drug-likeness (QED) is 0.437. The first-order valence-corrected chi connectivity index (χ1v) is 9.42. The molecular weight excluding hydrogens is 314 g/mol. The van der Waals surface area contributed by atoms with Crippen molar-refractivity contribution in [1.29, 1.82) is 0 Å². The Morgan fingerprint density at radius 1 is 1.25 bits per heavy atom. The normalized spacial score (nSPS) is 22.5. The van der Waals surface area contributed by atoms with E-state index in [1.807, 2.05) is 12.1 Å². The summed E-state index contributed by atoms with van der Waals surface area (Å²) in [6, 6.07) is 8.70. The van der Waals surface area contributed by atoms with Gasteiger partial charge in [-0.3, -0.25) is 0 Å². The zero-order valence-electron chi connectivity index (χ0n) is 16.1. The van der Waals surface area contributed by atoms with E-state index in [1.165, 1.54) is 24.0 Å². The van der Waals surface area contributed by atoms with Gasteiger partial charge in [0.25, 0.3) is 0 Å². The Kier molecular flexibility index (Phi) is 5.99. The zero-order chi connectivity index (χ0) is 18.0. The van der Waals surface area contributed by atoms with Gasteiger partial charge in [0.05, 0.1) is 14.1 Å². The molecule has 0 radical (unpaired) electrons. The van der Waals surface area contributed by atoms with Crippen LogP contribution in [-0.2, 0) is 6.54 Å². The topological polar surface area (TPSA) is 0 Å². The molecule has 1 aromatic carbocycles. The molecule has 24 heavy (non-hydrogen) atoms. The van der Waals surface area contributed by atoms with E-state index < -0.39 is 0 Å². The lowest BCUT2D eigenvalue weighted by atomic mass is 9.68. The van der Waals surface area contributed by atoms with E-state index >= 15 is 0 Å². The third-order valence-corrected chi connectivity index (χ3v) is 6.03. The summed E-state index contributed by atoms with van der Waals surface area (Å²) in [6.07, 6.45) is 9.79. The Morgan fingerprint density at radius 3 is 2.46 bits per heavy atom. The van der Waals surface area contributed by atoms with Crippen molar-refractivity contribution < 1.29 is 4.48 Å². The Morgan fingerprint density at radius 2 is 1.88 bits per heavy atom. The smallest absolute Gasteiger partial charge is 0.105 e. The van der Waals surface area contributed by atoms with Crippen LogP contribution in [0.3, 0.4) is 0 Å². The van der Waals surface area contributed by atoms with E-state index in [4.69, 9.17) is 11.6 Å². The number of benzene rings is 1.